The van der Waals surface area contributed by atoms with Crippen LogP contribution >= 0.6 is 0 Å². The molecule has 4 nitrogen and oxygen atoms in total. The average molecular weight is 641 g/mol. The first-order valence-electron chi connectivity index (χ1n) is 17.4. The molecule has 236 valence electrons. The van der Waals surface area contributed by atoms with Gasteiger partial charge in [-0.25, -0.2) is 0 Å². The zero-order chi connectivity index (χ0) is 32.8. The Balaban J connectivity index is 1.18. The molecule has 50 heavy (non-hydrogen) atoms. The molecule has 1 aliphatic heterocycles. The molecule has 0 N–H and O–H groups in total. The molecule has 0 fully saturated rings. The molecular formula is C46H32N4. The molecule has 11 rings (SSSR count). The van der Waals surface area contributed by atoms with Gasteiger partial charge < -0.3 is 18.6 Å². The molecule has 3 aromatic heterocycles. The van der Waals surface area contributed by atoms with Crippen LogP contribution in [0.15, 0.2) is 182 Å². The third-order valence-electron chi connectivity index (χ3n) is 10.8. The highest BCUT2D eigenvalue weighted by Crippen LogP contribution is 2.51. The summed E-state index contributed by atoms with van der Waals surface area (Å²) in [6.45, 7) is 0. The number of hydrogen-bond acceptors (Lipinski definition) is 1. The Morgan fingerprint density at radius 3 is 1.88 bits per heavy atom. The normalized spacial score (nSPS) is 16.6. The first-order valence-corrected chi connectivity index (χ1v) is 17.4. The van der Waals surface area contributed by atoms with E-state index in [0.717, 1.165) is 11.4 Å². The third-order valence-corrected chi connectivity index (χ3v) is 10.8. The molecule has 2 aliphatic rings. The van der Waals surface area contributed by atoms with Gasteiger partial charge in [0, 0.05) is 62.6 Å². The second-order valence-corrected chi connectivity index (χ2v) is 13.4. The number of allylic oxidation sites excluding steroid dienone is 2. The van der Waals surface area contributed by atoms with Gasteiger partial charge in [0.25, 0.3) is 0 Å². The number of anilines is 2. The number of benzene rings is 6. The summed E-state index contributed by atoms with van der Waals surface area (Å²) in [5, 5.41) is 4.97. The molecule has 0 saturated heterocycles. The van der Waals surface area contributed by atoms with Gasteiger partial charge in [-0.05, 0) is 66.2 Å². The van der Waals surface area contributed by atoms with E-state index in [9.17, 15) is 0 Å². The Morgan fingerprint density at radius 2 is 1.08 bits per heavy atom. The van der Waals surface area contributed by atoms with E-state index >= 15 is 0 Å². The lowest BCUT2D eigenvalue weighted by Crippen LogP contribution is -2.28. The van der Waals surface area contributed by atoms with Crippen LogP contribution in [0.2, 0.25) is 0 Å². The Hall–Kier alpha value is -6.52. The fraction of sp³-hybridized carbons (Fsp3) is 0.0435. The average Bonchev–Trinajstić information content (AvgIpc) is 3.96. The van der Waals surface area contributed by atoms with E-state index in [0.29, 0.717) is 0 Å². The molecule has 0 saturated carbocycles. The highest BCUT2D eigenvalue weighted by molar-refractivity contribution is 6.18. The second kappa shape index (κ2) is 10.5. The topological polar surface area (TPSA) is 18.0 Å². The number of nitrogens with zero attached hydrogens (tertiary/aromatic N) is 4. The summed E-state index contributed by atoms with van der Waals surface area (Å²) >= 11 is 0. The first-order chi connectivity index (χ1) is 24.8. The van der Waals surface area contributed by atoms with Crippen molar-refractivity contribution in [3.05, 3.63) is 188 Å². The summed E-state index contributed by atoms with van der Waals surface area (Å²) in [6.07, 6.45) is 13.6. The first kappa shape index (κ1) is 27.4. The van der Waals surface area contributed by atoms with Gasteiger partial charge in [-0.2, -0.15) is 0 Å². The Kier molecular flexibility index (Phi) is 5.75. The fourth-order valence-electron chi connectivity index (χ4n) is 8.66. The van der Waals surface area contributed by atoms with Gasteiger partial charge in [0.2, 0.25) is 0 Å². The molecule has 4 heteroatoms. The minimum absolute atomic E-state index is 0.176. The van der Waals surface area contributed by atoms with Crippen LogP contribution in [0, 0.1) is 0 Å². The van der Waals surface area contributed by atoms with Crippen molar-refractivity contribution in [2.45, 2.75) is 12.0 Å². The highest BCUT2D eigenvalue weighted by atomic mass is 15.2. The van der Waals surface area contributed by atoms with Crippen molar-refractivity contribution in [3.8, 4) is 17.1 Å². The van der Waals surface area contributed by atoms with Crippen LogP contribution in [0.3, 0.4) is 0 Å². The van der Waals surface area contributed by atoms with Crippen molar-refractivity contribution in [1.82, 2.24) is 13.7 Å². The third kappa shape index (κ3) is 3.81. The minimum atomic E-state index is 0.176. The number of hydrogen-bond donors (Lipinski definition) is 0. The van der Waals surface area contributed by atoms with E-state index in [1.54, 1.807) is 0 Å². The zero-order valence-corrected chi connectivity index (χ0v) is 27.3. The lowest BCUT2D eigenvalue weighted by Gasteiger charge is -2.30. The maximum Gasteiger partial charge on any atom is 0.0788 e. The van der Waals surface area contributed by atoms with Crippen LogP contribution in [-0.2, 0) is 0 Å². The Labute approximate surface area is 289 Å². The van der Waals surface area contributed by atoms with Crippen LogP contribution in [0.4, 0.5) is 11.4 Å². The van der Waals surface area contributed by atoms with Crippen molar-refractivity contribution in [2.24, 2.45) is 0 Å². The Morgan fingerprint density at radius 1 is 0.440 bits per heavy atom. The quantitative estimate of drug-likeness (QED) is 0.187. The summed E-state index contributed by atoms with van der Waals surface area (Å²) in [5.41, 5.74) is 12.2. The van der Waals surface area contributed by atoms with Gasteiger partial charge in [0.15, 0.2) is 0 Å². The number of aromatic nitrogens is 3. The summed E-state index contributed by atoms with van der Waals surface area (Å²) in [5.74, 6) is 0.268. The SMILES string of the molecule is C1=CC2c3ccc4ccn(-c5ccccc5)c4c3N(c3cccc(-n4c5ccccc5c5ccc6ccn(-c7ccccc7)c6c54)c3)C2C=C1. The largest absolute Gasteiger partial charge is 0.332 e. The highest BCUT2D eigenvalue weighted by Gasteiger charge is 2.39. The van der Waals surface area contributed by atoms with Crippen LogP contribution in [0.1, 0.15) is 11.5 Å². The van der Waals surface area contributed by atoms with Crippen molar-refractivity contribution < 1.29 is 0 Å². The molecule has 0 amide bonds. The fourth-order valence-corrected chi connectivity index (χ4v) is 8.66. The second-order valence-electron chi connectivity index (χ2n) is 13.4. The van der Waals surface area contributed by atoms with Gasteiger partial charge in [0.1, 0.15) is 0 Å². The Bertz CT molecular complexity index is 2830. The van der Waals surface area contributed by atoms with Gasteiger partial charge >= 0.3 is 0 Å². The summed E-state index contributed by atoms with van der Waals surface area (Å²) < 4.78 is 7.18. The van der Waals surface area contributed by atoms with Crippen LogP contribution in [-0.4, -0.2) is 19.7 Å². The van der Waals surface area contributed by atoms with Crippen LogP contribution in [0.5, 0.6) is 0 Å². The van der Waals surface area contributed by atoms with Crippen LogP contribution in [0.25, 0.3) is 60.7 Å². The molecule has 0 radical (unpaired) electrons. The molecule has 2 unspecified atom stereocenters. The van der Waals surface area contributed by atoms with Gasteiger partial charge in [-0.3, -0.25) is 0 Å². The summed E-state index contributed by atoms with van der Waals surface area (Å²) in [4.78, 5) is 2.58. The van der Waals surface area contributed by atoms with Gasteiger partial charge in [0.05, 0.1) is 33.8 Å². The standard InChI is InChI=1S/C46H32N4/c1-3-12-33(13-4-1)47-28-26-31-22-24-39-37-18-7-9-20-41(37)49(45(39)43(31)47)35-16-11-17-36(30-35)50-42-21-10-8-19-38(42)40-25-23-32-27-29-48(44(32)46(40)50)34-14-5-2-6-15-34/h1-30,37,41H. The zero-order valence-electron chi connectivity index (χ0n) is 27.3. The molecule has 6 aromatic carbocycles. The van der Waals surface area contributed by atoms with Crippen molar-refractivity contribution >= 4 is 55.0 Å². The van der Waals surface area contributed by atoms with Crippen molar-refractivity contribution in [3.63, 3.8) is 0 Å². The number of fused-ring (bicyclic) bond motifs is 10. The van der Waals surface area contributed by atoms with Crippen molar-refractivity contribution in [2.75, 3.05) is 4.90 Å². The summed E-state index contributed by atoms with van der Waals surface area (Å²) in [7, 11) is 0. The smallest absolute Gasteiger partial charge is 0.0788 e. The monoisotopic (exact) mass is 640 g/mol. The van der Waals surface area contributed by atoms with Crippen molar-refractivity contribution in [1.29, 1.82) is 0 Å². The molecule has 1 aliphatic carbocycles. The van der Waals surface area contributed by atoms with E-state index < -0.39 is 0 Å². The van der Waals surface area contributed by atoms with E-state index in [2.05, 4.69) is 201 Å². The maximum atomic E-state index is 2.58. The van der Waals surface area contributed by atoms with E-state index in [1.165, 1.54) is 66.2 Å². The minimum Gasteiger partial charge on any atom is -0.332 e. The van der Waals surface area contributed by atoms with Gasteiger partial charge in [-0.1, -0.05) is 109 Å². The maximum absolute atomic E-state index is 2.58. The molecule has 0 bridgehead atoms. The predicted molar refractivity (Wildman–Crippen MR) is 208 cm³/mol. The van der Waals surface area contributed by atoms with Crippen LogP contribution < -0.4 is 4.90 Å². The number of para-hydroxylation sites is 3. The molecule has 4 heterocycles. The van der Waals surface area contributed by atoms with E-state index in [-0.39, 0.29) is 12.0 Å². The molecule has 2 atom stereocenters. The van der Waals surface area contributed by atoms with E-state index in [1.807, 2.05) is 0 Å². The summed E-state index contributed by atoms with van der Waals surface area (Å²) in [6, 6.07) is 53.2. The number of rotatable bonds is 4. The lowest BCUT2D eigenvalue weighted by molar-refractivity contribution is 0.744. The molecular weight excluding hydrogens is 609 g/mol. The molecule has 0 spiro atoms. The molecule has 9 aromatic rings. The lowest BCUT2D eigenvalue weighted by atomic mass is 9.91. The predicted octanol–water partition coefficient (Wildman–Crippen LogP) is 11.4. The van der Waals surface area contributed by atoms with E-state index in [4.69, 9.17) is 0 Å². The van der Waals surface area contributed by atoms with Gasteiger partial charge in [-0.15, -0.1) is 0 Å².